The third kappa shape index (κ3) is 1.93. The van der Waals surface area contributed by atoms with Crippen LogP contribution in [-0.2, 0) is 0 Å². The molecule has 1 aromatic heterocycles. The summed E-state index contributed by atoms with van der Waals surface area (Å²) in [5.74, 6) is 0. The van der Waals surface area contributed by atoms with Gasteiger partial charge >= 0.3 is 5.63 Å². The Morgan fingerprint density at radius 1 is 0.667 bits per heavy atom. The first-order chi connectivity index (χ1) is 10.3. The second-order valence-electron chi connectivity index (χ2n) is 5.00. The van der Waals surface area contributed by atoms with Gasteiger partial charge in [0.1, 0.15) is 5.58 Å². The molecule has 100 valence electrons. The van der Waals surface area contributed by atoms with E-state index in [9.17, 15) is 4.79 Å². The van der Waals surface area contributed by atoms with Crippen LogP contribution in [0, 0.1) is 0 Å². The van der Waals surface area contributed by atoms with Crippen LogP contribution in [0.3, 0.4) is 0 Å². The Morgan fingerprint density at radius 3 is 2.29 bits per heavy atom. The molecule has 0 saturated carbocycles. The van der Waals surface area contributed by atoms with Gasteiger partial charge in [0.05, 0.1) is 0 Å². The lowest BCUT2D eigenvalue weighted by Crippen LogP contribution is -1.98. The Kier molecular flexibility index (Phi) is 2.61. The van der Waals surface area contributed by atoms with Crippen molar-refractivity contribution in [2.75, 3.05) is 0 Å². The van der Waals surface area contributed by atoms with Crippen LogP contribution in [0.5, 0.6) is 0 Å². The van der Waals surface area contributed by atoms with Crippen LogP contribution in [0.15, 0.2) is 82.0 Å². The quantitative estimate of drug-likeness (QED) is 0.473. The van der Waals surface area contributed by atoms with Gasteiger partial charge in [0.25, 0.3) is 0 Å². The fourth-order valence-corrected chi connectivity index (χ4v) is 2.79. The lowest BCUT2D eigenvalue weighted by atomic mass is 9.96. The third-order valence-electron chi connectivity index (χ3n) is 3.73. The normalized spacial score (nSPS) is 11.0. The van der Waals surface area contributed by atoms with Crippen LogP contribution in [0.2, 0.25) is 0 Å². The van der Waals surface area contributed by atoms with Crippen molar-refractivity contribution in [1.82, 2.24) is 0 Å². The molecule has 3 aromatic carbocycles. The molecule has 1 heterocycles. The second kappa shape index (κ2) is 4.60. The van der Waals surface area contributed by atoms with E-state index in [2.05, 4.69) is 18.2 Å². The molecule has 0 saturated heterocycles. The monoisotopic (exact) mass is 272 g/mol. The molecule has 2 heteroatoms. The highest BCUT2D eigenvalue weighted by Gasteiger charge is 2.09. The minimum atomic E-state index is -0.323. The number of benzene rings is 3. The summed E-state index contributed by atoms with van der Waals surface area (Å²) >= 11 is 0. The third-order valence-corrected chi connectivity index (χ3v) is 3.73. The van der Waals surface area contributed by atoms with E-state index in [1.807, 2.05) is 48.5 Å². The van der Waals surface area contributed by atoms with Gasteiger partial charge in [-0.25, -0.2) is 4.79 Å². The van der Waals surface area contributed by atoms with Crippen molar-refractivity contribution in [2.24, 2.45) is 0 Å². The first kappa shape index (κ1) is 11.9. The van der Waals surface area contributed by atoms with Crippen LogP contribution in [0.1, 0.15) is 0 Å². The van der Waals surface area contributed by atoms with Crippen LogP contribution >= 0.6 is 0 Å². The first-order valence-electron chi connectivity index (χ1n) is 6.84. The summed E-state index contributed by atoms with van der Waals surface area (Å²) in [6.07, 6.45) is 0. The van der Waals surface area contributed by atoms with E-state index in [1.54, 1.807) is 6.07 Å². The average Bonchev–Trinajstić information content (AvgIpc) is 2.53. The molecule has 0 atom stereocenters. The predicted octanol–water partition coefficient (Wildman–Crippen LogP) is 4.61. The van der Waals surface area contributed by atoms with Crippen LogP contribution in [-0.4, -0.2) is 0 Å². The molecule has 0 aliphatic carbocycles. The van der Waals surface area contributed by atoms with Crippen molar-refractivity contribution < 1.29 is 4.42 Å². The van der Waals surface area contributed by atoms with E-state index < -0.39 is 0 Å². The Bertz CT molecular complexity index is 1010. The van der Waals surface area contributed by atoms with Gasteiger partial charge in [-0.05, 0) is 22.4 Å². The molecule has 0 N–H and O–H groups in total. The van der Waals surface area contributed by atoms with Crippen molar-refractivity contribution >= 4 is 21.7 Å². The molecule has 0 bridgehead atoms. The lowest BCUT2D eigenvalue weighted by molar-refractivity contribution is 0.561. The van der Waals surface area contributed by atoms with Crippen LogP contribution in [0.25, 0.3) is 32.9 Å². The lowest BCUT2D eigenvalue weighted by Gasteiger charge is -2.09. The van der Waals surface area contributed by atoms with Gasteiger partial charge < -0.3 is 4.42 Å². The highest BCUT2D eigenvalue weighted by atomic mass is 16.4. The Balaban J connectivity index is 2.16. The summed E-state index contributed by atoms with van der Waals surface area (Å²) in [6, 6.07) is 23.5. The van der Waals surface area contributed by atoms with Crippen LogP contribution < -0.4 is 5.63 Å². The largest absolute Gasteiger partial charge is 0.423 e. The Labute approximate surface area is 121 Å². The van der Waals surface area contributed by atoms with Gasteiger partial charge in [-0.1, -0.05) is 60.7 Å². The van der Waals surface area contributed by atoms with E-state index in [0.717, 1.165) is 27.3 Å². The Morgan fingerprint density at radius 2 is 1.38 bits per heavy atom. The number of hydrogen-bond donors (Lipinski definition) is 0. The van der Waals surface area contributed by atoms with Gasteiger partial charge in [0, 0.05) is 17.0 Å². The zero-order valence-electron chi connectivity index (χ0n) is 11.2. The number of rotatable bonds is 1. The molecule has 0 fully saturated rings. The van der Waals surface area contributed by atoms with Crippen molar-refractivity contribution in [3.8, 4) is 11.1 Å². The van der Waals surface area contributed by atoms with E-state index in [0.29, 0.717) is 5.58 Å². The van der Waals surface area contributed by atoms with E-state index in [1.165, 1.54) is 0 Å². The topological polar surface area (TPSA) is 30.2 Å². The minimum absolute atomic E-state index is 0.323. The zero-order valence-corrected chi connectivity index (χ0v) is 11.2. The summed E-state index contributed by atoms with van der Waals surface area (Å²) in [5.41, 5.74) is 2.26. The van der Waals surface area contributed by atoms with Gasteiger partial charge in [-0.3, -0.25) is 0 Å². The fourth-order valence-electron chi connectivity index (χ4n) is 2.79. The van der Waals surface area contributed by atoms with Gasteiger partial charge in [0.15, 0.2) is 0 Å². The molecule has 0 aliphatic heterocycles. The summed E-state index contributed by atoms with van der Waals surface area (Å²) in [6.45, 7) is 0. The maximum Gasteiger partial charge on any atom is 0.336 e. The molecular weight excluding hydrogens is 260 g/mol. The summed E-state index contributed by atoms with van der Waals surface area (Å²) in [7, 11) is 0. The maximum atomic E-state index is 11.8. The van der Waals surface area contributed by atoms with Crippen LogP contribution in [0.4, 0.5) is 0 Å². The zero-order chi connectivity index (χ0) is 14.2. The van der Waals surface area contributed by atoms with Crippen molar-refractivity contribution in [3.05, 3.63) is 83.2 Å². The molecule has 4 aromatic rings. The van der Waals surface area contributed by atoms with E-state index >= 15 is 0 Å². The maximum absolute atomic E-state index is 11.8. The molecule has 21 heavy (non-hydrogen) atoms. The van der Waals surface area contributed by atoms with Gasteiger partial charge in [-0.15, -0.1) is 0 Å². The van der Waals surface area contributed by atoms with Crippen molar-refractivity contribution in [2.45, 2.75) is 0 Å². The van der Waals surface area contributed by atoms with E-state index in [4.69, 9.17) is 4.42 Å². The standard InChI is InChI=1S/C19H12O2/c20-19-12-17(16-9-3-4-11-18(16)21-19)15-10-5-7-13-6-1-2-8-14(13)15/h1-12H. The van der Waals surface area contributed by atoms with Crippen molar-refractivity contribution in [3.63, 3.8) is 0 Å². The average molecular weight is 272 g/mol. The molecule has 0 spiro atoms. The van der Waals surface area contributed by atoms with Crippen molar-refractivity contribution in [1.29, 1.82) is 0 Å². The second-order valence-corrected chi connectivity index (χ2v) is 5.00. The first-order valence-corrected chi connectivity index (χ1v) is 6.84. The number of hydrogen-bond acceptors (Lipinski definition) is 2. The molecular formula is C19H12O2. The Hall–Kier alpha value is -2.87. The molecule has 0 unspecified atom stereocenters. The summed E-state index contributed by atoms with van der Waals surface area (Å²) < 4.78 is 5.28. The predicted molar refractivity (Wildman–Crippen MR) is 85.4 cm³/mol. The highest BCUT2D eigenvalue weighted by Crippen LogP contribution is 2.32. The smallest absolute Gasteiger partial charge is 0.336 e. The minimum Gasteiger partial charge on any atom is -0.423 e. The van der Waals surface area contributed by atoms with E-state index in [-0.39, 0.29) is 5.63 Å². The van der Waals surface area contributed by atoms with Gasteiger partial charge in [0.2, 0.25) is 0 Å². The number of para-hydroxylation sites is 1. The highest BCUT2D eigenvalue weighted by molar-refractivity contribution is 6.03. The fraction of sp³-hybridized carbons (Fsp3) is 0. The number of fused-ring (bicyclic) bond motifs is 2. The summed E-state index contributed by atoms with van der Waals surface area (Å²) in [4.78, 5) is 11.8. The molecule has 0 radical (unpaired) electrons. The molecule has 0 aliphatic rings. The van der Waals surface area contributed by atoms with Gasteiger partial charge in [-0.2, -0.15) is 0 Å². The molecule has 4 rings (SSSR count). The SMILES string of the molecule is O=c1cc(-c2cccc3ccccc23)c2ccccc2o1. The summed E-state index contributed by atoms with van der Waals surface area (Å²) in [5, 5.41) is 3.25. The molecule has 2 nitrogen and oxygen atoms in total. The molecule has 0 amide bonds.